The van der Waals surface area contributed by atoms with E-state index < -0.39 is 0 Å². The lowest BCUT2D eigenvalue weighted by Crippen LogP contribution is -2.23. The lowest BCUT2D eigenvalue weighted by Gasteiger charge is -2.03. The van der Waals surface area contributed by atoms with Gasteiger partial charge in [-0.15, -0.1) is 0 Å². The van der Waals surface area contributed by atoms with Crippen LogP contribution in [0.15, 0.2) is 67.6 Å². The molecule has 0 radical (unpaired) electrons. The summed E-state index contributed by atoms with van der Waals surface area (Å²) in [6.07, 6.45) is 9.26. The molecule has 0 aliphatic heterocycles. The van der Waals surface area contributed by atoms with Gasteiger partial charge in [0.25, 0.3) is 0 Å². The largest absolute Gasteiger partial charge is 0.353 e. The van der Waals surface area contributed by atoms with Gasteiger partial charge in [-0.05, 0) is 61.4 Å². The highest BCUT2D eigenvalue weighted by Gasteiger charge is 2.15. The predicted octanol–water partition coefficient (Wildman–Crippen LogP) is 4.76. The molecule has 1 aromatic carbocycles. The highest BCUT2D eigenvalue weighted by Crippen LogP contribution is 2.30. The first kappa shape index (κ1) is 20.6. The highest BCUT2D eigenvalue weighted by atomic mass is 19.1. The van der Waals surface area contributed by atoms with Crippen LogP contribution >= 0.6 is 0 Å². The number of rotatable bonds is 4. The Kier molecular flexibility index (Phi) is 5.18. The van der Waals surface area contributed by atoms with Crippen molar-refractivity contribution >= 4 is 28.6 Å². The minimum Gasteiger partial charge on any atom is -0.353 e. The number of nitrogens with zero attached hydrogens (tertiary/aromatic N) is 3. The molecule has 0 atom stereocenters. The molecule has 0 aliphatic carbocycles. The molecule has 0 saturated heterocycles. The smallest absolute Gasteiger partial charge is 0.132 e. The van der Waals surface area contributed by atoms with Crippen molar-refractivity contribution in [3.63, 3.8) is 0 Å². The number of hydrogen-bond acceptors (Lipinski definition) is 3. The molecule has 162 valence electrons. The summed E-state index contributed by atoms with van der Waals surface area (Å²) < 4.78 is 14.5. The molecule has 0 unspecified atom stereocenters. The van der Waals surface area contributed by atoms with Gasteiger partial charge in [-0.3, -0.25) is 15.1 Å². The summed E-state index contributed by atoms with van der Waals surface area (Å²) in [7, 11) is 0. The van der Waals surface area contributed by atoms with Crippen LogP contribution < -0.4 is 10.6 Å². The second-order valence-electron chi connectivity index (χ2n) is 7.83. The monoisotopic (exact) mass is 435 g/mol. The highest BCUT2D eigenvalue weighted by molar-refractivity contribution is 5.96. The maximum atomic E-state index is 14.5. The van der Waals surface area contributed by atoms with E-state index in [1.165, 1.54) is 6.07 Å². The molecule has 5 nitrogen and oxygen atoms in total. The van der Waals surface area contributed by atoms with E-state index in [-0.39, 0.29) is 5.82 Å². The number of allylic oxidation sites excluding steroid dienone is 1. The number of aromatic nitrogens is 5. The third-order valence-electron chi connectivity index (χ3n) is 5.76. The van der Waals surface area contributed by atoms with Crippen LogP contribution in [0.4, 0.5) is 4.39 Å². The normalized spacial score (nSPS) is 12.6. The van der Waals surface area contributed by atoms with E-state index in [9.17, 15) is 4.39 Å². The third kappa shape index (κ3) is 3.65. The molecule has 0 bridgehead atoms. The van der Waals surface area contributed by atoms with Crippen molar-refractivity contribution in [2.24, 2.45) is 0 Å². The zero-order chi connectivity index (χ0) is 22.9. The van der Waals surface area contributed by atoms with E-state index in [4.69, 9.17) is 0 Å². The van der Waals surface area contributed by atoms with Crippen molar-refractivity contribution in [2.45, 2.75) is 13.8 Å². The Morgan fingerprint density at radius 1 is 1.09 bits per heavy atom. The number of hydrogen-bond donors (Lipinski definition) is 2. The van der Waals surface area contributed by atoms with E-state index in [2.05, 4.69) is 31.7 Å². The van der Waals surface area contributed by atoms with Crippen molar-refractivity contribution in [2.75, 3.05) is 0 Å². The topological polar surface area (TPSA) is 70.2 Å². The Hall–Kier alpha value is -4.32. The number of nitrogens with one attached hydrogen (secondary N) is 2. The average Bonchev–Trinajstić information content (AvgIpc) is 3.43. The van der Waals surface area contributed by atoms with Crippen LogP contribution in [0.25, 0.3) is 51.3 Å². The predicted molar refractivity (Wildman–Crippen MR) is 131 cm³/mol. The Morgan fingerprint density at radius 3 is 2.73 bits per heavy atom. The van der Waals surface area contributed by atoms with Gasteiger partial charge in [0.05, 0.1) is 16.7 Å². The summed E-state index contributed by atoms with van der Waals surface area (Å²) in [5.41, 5.74) is 6.40. The van der Waals surface area contributed by atoms with Gasteiger partial charge in [0, 0.05) is 45.8 Å². The van der Waals surface area contributed by atoms with Gasteiger partial charge in [0.2, 0.25) is 0 Å². The number of halogens is 1. The van der Waals surface area contributed by atoms with Crippen LogP contribution in [-0.2, 0) is 0 Å². The molecule has 5 aromatic rings. The lowest BCUT2D eigenvalue weighted by atomic mass is 10.0. The molecule has 0 amide bonds. The maximum Gasteiger partial charge on any atom is 0.132 e. The molecule has 0 saturated carbocycles. The van der Waals surface area contributed by atoms with Gasteiger partial charge in [0.1, 0.15) is 11.5 Å². The minimum atomic E-state index is -0.306. The lowest BCUT2D eigenvalue weighted by molar-refractivity contribution is 0.631. The fraction of sp³-hybridized carbons (Fsp3) is 0.0741. The van der Waals surface area contributed by atoms with Crippen molar-refractivity contribution in [1.82, 2.24) is 25.1 Å². The van der Waals surface area contributed by atoms with Crippen LogP contribution in [0.1, 0.15) is 18.1 Å². The first-order chi connectivity index (χ1) is 16.1. The maximum absolute atomic E-state index is 14.5. The summed E-state index contributed by atoms with van der Waals surface area (Å²) in [6.45, 7) is 8.26. The number of aryl methyl sites for hydroxylation is 1. The van der Waals surface area contributed by atoms with Gasteiger partial charge >= 0.3 is 0 Å². The van der Waals surface area contributed by atoms with Gasteiger partial charge in [0.15, 0.2) is 0 Å². The molecule has 4 aromatic heterocycles. The number of fused-ring (bicyclic) bond motifs is 1. The van der Waals surface area contributed by atoms with E-state index in [0.717, 1.165) is 49.6 Å². The van der Waals surface area contributed by atoms with E-state index in [1.807, 2.05) is 56.5 Å². The summed E-state index contributed by atoms with van der Waals surface area (Å²) in [5, 5.41) is 10.3. The molecular formula is C27H22FN5. The van der Waals surface area contributed by atoms with Crippen molar-refractivity contribution in [3.05, 3.63) is 95.1 Å². The number of H-pyrrole nitrogens is 2. The molecule has 2 N–H and O–H groups in total. The van der Waals surface area contributed by atoms with Crippen molar-refractivity contribution < 1.29 is 4.39 Å². The van der Waals surface area contributed by atoms with Crippen molar-refractivity contribution in [3.8, 4) is 22.6 Å². The molecule has 4 heterocycles. The van der Waals surface area contributed by atoms with Crippen LogP contribution in [0.5, 0.6) is 0 Å². The molecule has 5 rings (SSSR count). The summed E-state index contributed by atoms with van der Waals surface area (Å²) in [4.78, 5) is 12.1. The number of benzene rings is 1. The van der Waals surface area contributed by atoms with Crippen LogP contribution in [-0.4, -0.2) is 25.1 Å². The minimum absolute atomic E-state index is 0.306. The van der Waals surface area contributed by atoms with Gasteiger partial charge < -0.3 is 4.98 Å². The Morgan fingerprint density at radius 2 is 1.94 bits per heavy atom. The fourth-order valence-corrected chi connectivity index (χ4v) is 4.04. The molecule has 33 heavy (non-hydrogen) atoms. The summed E-state index contributed by atoms with van der Waals surface area (Å²) >= 11 is 0. The fourth-order valence-electron chi connectivity index (χ4n) is 4.04. The SMILES string of the molecule is C=C(/C=c1/c(-c2cc3c(-c4ccccc4F)nccc3[nH]2)n[nH]/c1=C/C)c1cnccc1C. The number of pyridine rings is 2. The van der Waals surface area contributed by atoms with Crippen LogP contribution in [0.2, 0.25) is 0 Å². The zero-order valence-corrected chi connectivity index (χ0v) is 18.4. The quantitative estimate of drug-likeness (QED) is 0.428. The standard InChI is InChI=1S/C27H22FN5/c1-4-23-19(13-17(3)21-15-29-11-9-16(21)2)27(33-32-23)25-14-20-24(31-25)10-12-30-26(20)18-7-5-6-8-22(18)28/h4-15,31-32H,3H2,1-2H3/b19-13+,23-4+. The van der Waals surface area contributed by atoms with Crippen LogP contribution in [0, 0.1) is 12.7 Å². The molecule has 6 heteroatoms. The number of aromatic amines is 2. The molecule has 0 fully saturated rings. The zero-order valence-electron chi connectivity index (χ0n) is 18.4. The second-order valence-corrected chi connectivity index (χ2v) is 7.83. The van der Waals surface area contributed by atoms with E-state index >= 15 is 0 Å². The average molecular weight is 436 g/mol. The Balaban J connectivity index is 1.69. The van der Waals surface area contributed by atoms with Gasteiger partial charge in [-0.1, -0.05) is 24.8 Å². The van der Waals surface area contributed by atoms with E-state index in [0.29, 0.717) is 11.3 Å². The third-order valence-corrected chi connectivity index (χ3v) is 5.76. The molecule has 0 aliphatic rings. The first-order valence-electron chi connectivity index (χ1n) is 10.6. The molecule has 0 spiro atoms. The second kappa shape index (κ2) is 8.31. The Labute approximate surface area is 190 Å². The van der Waals surface area contributed by atoms with Gasteiger partial charge in [-0.25, -0.2) is 4.39 Å². The van der Waals surface area contributed by atoms with Crippen LogP contribution in [0.3, 0.4) is 0 Å². The first-order valence-corrected chi connectivity index (χ1v) is 10.6. The van der Waals surface area contributed by atoms with E-state index in [1.54, 1.807) is 24.5 Å². The Bertz CT molecular complexity index is 1620. The summed E-state index contributed by atoms with van der Waals surface area (Å²) in [5.74, 6) is -0.306. The van der Waals surface area contributed by atoms with Gasteiger partial charge in [-0.2, -0.15) is 5.10 Å². The molecular weight excluding hydrogens is 413 g/mol. The summed E-state index contributed by atoms with van der Waals surface area (Å²) in [6, 6.07) is 12.5. The van der Waals surface area contributed by atoms with Crippen molar-refractivity contribution in [1.29, 1.82) is 0 Å².